The van der Waals surface area contributed by atoms with Crippen LogP contribution in [0.4, 0.5) is 5.69 Å². The Hall–Kier alpha value is -1.06. The van der Waals surface area contributed by atoms with Crippen LogP contribution < -0.4 is 10.2 Å². The summed E-state index contributed by atoms with van der Waals surface area (Å²) >= 11 is 0. The fraction of sp³-hybridized carbons (Fsp3) is 0.647. The summed E-state index contributed by atoms with van der Waals surface area (Å²) in [5, 5.41) is 13.6. The number of hydrogen-bond donors (Lipinski definition) is 2. The van der Waals surface area contributed by atoms with Crippen LogP contribution in [0.5, 0.6) is 0 Å². The summed E-state index contributed by atoms with van der Waals surface area (Å²) in [5.41, 5.74) is 2.69. The van der Waals surface area contributed by atoms with E-state index in [4.69, 9.17) is 0 Å². The molecule has 1 heterocycles. The lowest BCUT2D eigenvalue weighted by Gasteiger charge is -2.28. The Kier molecular flexibility index (Phi) is 5.86. The molecule has 20 heavy (non-hydrogen) atoms. The number of para-hydroxylation sites is 1. The lowest BCUT2D eigenvalue weighted by Crippen LogP contribution is -2.33. The van der Waals surface area contributed by atoms with Gasteiger partial charge in [-0.2, -0.15) is 0 Å². The maximum Gasteiger partial charge on any atom is 0.0712 e. The molecule has 1 aromatic rings. The highest BCUT2D eigenvalue weighted by atomic mass is 16.3. The number of β-amino-alcohol motifs (C(OH)–C–C–N with tert-alkyl or cyclic N) is 1. The summed E-state index contributed by atoms with van der Waals surface area (Å²) < 4.78 is 0. The fourth-order valence-corrected chi connectivity index (χ4v) is 2.94. The molecule has 1 aromatic carbocycles. The van der Waals surface area contributed by atoms with E-state index in [1.54, 1.807) is 0 Å². The van der Waals surface area contributed by atoms with Crippen LogP contribution >= 0.6 is 0 Å². The van der Waals surface area contributed by atoms with Crippen LogP contribution in [-0.2, 0) is 0 Å². The lowest BCUT2D eigenvalue weighted by atomic mass is 10.0. The number of aliphatic hydroxyl groups excluding tert-OH is 1. The van der Waals surface area contributed by atoms with Crippen molar-refractivity contribution in [3.63, 3.8) is 0 Å². The zero-order valence-electron chi connectivity index (χ0n) is 12.8. The number of hydrogen-bond acceptors (Lipinski definition) is 3. The minimum Gasteiger partial charge on any atom is -0.391 e. The number of rotatable bonds is 6. The second-order valence-corrected chi connectivity index (χ2v) is 5.72. The molecule has 0 fully saturated rings. The predicted molar refractivity (Wildman–Crippen MR) is 85.2 cm³/mol. The number of benzene rings is 1. The quantitative estimate of drug-likeness (QED) is 0.838. The van der Waals surface area contributed by atoms with Crippen molar-refractivity contribution < 1.29 is 5.11 Å². The first-order chi connectivity index (χ1) is 9.76. The van der Waals surface area contributed by atoms with Crippen LogP contribution in [0.25, 0.3) is 0 Å². The van der Waals surface area contributed by atoms with Gasteiger partial charge in [0.1, 0.15) is 0 Å². The average molecular weight is 276 g/mol. The molecule has 2 atom stereocenters. The van der Waals surface area contributed by atoms with Crippen molar-refractivity contribution in [2.75, 3.05) is 24.5 Å². The van der Waals surface area contributed by atoms with E-state index in [0.717, 1.165) is 32.5 Å². The Balaban J connectivity index is 2.20. The van der Waals surface area contributed by atoms with Gasteiger partial charge in [0.15, 0.2) is 0 Å². The van der Waals surface area contributed by atoms with Gasteiger partial charge in [-0.05, 0) is 43.9 Å². The van der Waals surface area contributed by atoms with Gasteiger partial charge in [-0.3, -0.25) is 0 Å². The molecule has 2 rings (SSSR count). The van der Waals surface area contributed by atoms with Crippen molar-refractivity contribution in [1.82, 2.24) is 5.32 Å². The maximum atomic E-state index is 9.98. The minimum atomic E-state index is -0.233. The molecule has 1 aliphatic rings. The van der Waals surface area contributed by atoms with E-state index in [1.165, 1.54) is 24.1 Å². The van der Waals surface area contributed by atoms with E-state index < -0.39 is 0 Å². The molecule has 2 N–H and O–H groups in total. The Labute approximate surface area is 123 Å². The molecule has 0 spiro atoms. The van der Waals surface area contributed by atoms with Gasteiger partial charge < -0.3 is 15.3 Å². The molecular weight excluding hydrogens is 248 g/mol. The van der Waals surface area contributed by atoms with E-state index in [-0.39, 0.29) is 6.10 Å². The highest BCUT2D eigenvalue weighted by molar-refractivity contribution is 5.56. The number of nitrogens with zero attached hydrogens (tertiary/aromatic N) is 1. The van der Waals surface area contributed by atoms with Crippen LogP contribution in [0.1, 0.15) is 51.1 Å². The third-order valence-electron chi connectivity index (χ3n) is 4.12. The van der Waals surface area contributed by atoms with Gasteiger partial charge in [-0.25, -0.2) is 0 Å². The molecule has 2 unspecified atom stereocenters. The highest BCUT2D eigenvalue weighted by Crippen LogP contribution is 2.32. The average Bonchev–Trinajstić information content (AvgIpc) is 2.65. The third kappa shape index (κ3) is 3.74. The molecular formula is C17H28N2O. The van der Waals surface area contributed by atoms with Crippen molar-refractivity contribution in [2.45, 2.75) is 51.7 Å². The van der Waals surface area contributed by atoms with Crippen molar-refractivity contribution in [1.29, 1.82) is 0 Å². The van der Waals surface area contributed by atoms with E-state index in [9.17, 15) is 5.11 Å². The first-order valence-corrected chi connectivity index (χ1v) is 8.01. The van der Waals surface area contributed by atoms with Crippen molar-refractivity contribution >= 4 is 5.69 Å². The summed E-state index contributed by atoms with van der Waals surface area (Å²) in [7, 11) is 0. The van der Waals surface area contributed by atoms with E-state index in [2.05, 4.69) is 41.4 Å². The summed E-state index contributed by atoms with van der Waals surface area (Å²) in [6.07, 6.45) is 4.10. The Morgan fingerprint density at radius 1 is 1.35 bits per heavy atom. The zero-order chi connectivity index (χ0) is 14.4. The van der Waals surface area contributed by atoms with Crippen molar-refractivity contribution in [2.24, 2.45) is 0 Å². The normalized spacial score (nSPS) is 20.4. The Morgan fingerprint density at radius 2 is 2.15 bits per heavy atom. The first-order valence-electron chi connectivity index (χ1n) is 8.01. The van der Waals surface area contributed by atoms with E-state index in [1.807, 2.05) is 6.92 Å². The van der Waals surface area contributed by atoms with Gasteiger partial charge in [-0.1, -0.05) is 32.0 Å². The maximum absolute atomic E-state index is 9.98. The Morgan fingerprint density at radius 3 is 2.90 bits per heavy atom. The molecule has 3 nitrogen and oxygen atoms in total. The van der Waals surface area contributed by atoms with Gasteiger partial charge in [0.2, 0.25) is 0 Å². The molecule has 0 bridgehead atoms. The molecule has 0 saturated carbocycles. The minimum absolute atomic E-state index is 0.233. The van der Waals surface area contributed by atoms with Gasteiger partial charge in [0.05, 0.1) is 6.10 Å². The molecule has 112 valence electrons. The van der Waals surface area contributed by atoms with Crippen molar-refractivity contribution in [3.05, 3.63) is 29.8 Å². The van der Waals surface area contributed by atoms with E-state index in [0.29, 0.717) is 6.04 Å². The molecule has 0 aliphatic carbocycles. The number of anilines is 1. The van der Waals surface area contributed by atoms with Crippen LogP contribution in [-0.4, -0.2) is 30.8 Å². The van der Waals surface area contributed by atoms with Gasteiger partial charge >= 0.3 is 0 Å². The summed E-state index contributed by atoms with van der Waals surface area (Å²) in [5.74, 6) is 0. The van der Waals surface area contributed by atoms with Gasteiger partial charge in [0, 0.05) is 24.8 Å². The second-order valence-electron chi connectivity index (χ2n) is 5.72. The molecule has 0 radical (unpaired) electrons. The lowest BCUT2D eigenvalue weighted by molar-refractivity contribution is 0.175. The number of nitrogens with one attached hydrogen (secondary N) is 1. The number of fused-ring (bicyclic) bond motifs is 1. The highest BCUT2D eigenvalue weighted by Gasteiger charge is 2.23. The topological polar surface area (TPSA) is 35.5 Å². The smallest absolute Gasteiger partial charge is 0.0712 e. The van der Waals surface area contributed by atoms with Crippen LogP contribution in [0.3, 0.4) is 0 Å². The molecule has 0 saturated heterocycles. The number of aliphatic hydroxyl groups is 1. The summed E-state index contributed by atoms with van der Waals surface area (Å²) in [6.45, 7) is 7.10. The largest absolute Gasteiger partial charge is 0.391 e. The standard InChI is InChI=1S/C17H28N2O/c1-3-11-18-16-9-7-12-19(13-14(20)4-2)17-10-6-5-8-15(16)17/h5-6,8,10,14,16,18,20H,3-4,7,9,11-13H2,1-2H3. The fourth-order valence-electron chi connectivity index (χ4n) is 2.94. The van der Waals surface area contributed by atoms with Crippen LogP contribution in [0.15, 0.2) is 24.3 Å². The SMILES string of the molecule is CCCNC1CCCN(CC(O)CC)c2ccccc21. The molecule has 0 aromatic heterocycles. The van der Waals surface area contributed by atoms with Gasteiger partial charge in [-0.15, -0.1) is 0 Å². The monoisotopic (exact) mass is 276 g/mol. The molecule has 0 amide bonds. The second kappa shape index (κ2) is 7.65. The van der Waals surface area contributed by atoms with Crippen molar-refractivity contribution in [3.8, 4) is 0 Å². The third-order valence-corrected chi connectivity index (χ3v) is 4.12. The molecule has 1 aliphatic heterocycles. The zero-order valence-corrected chi connectivity index (χ0v) is 12.8. The summed E-state index contributed by atoms with van der Waals surface area (Å²) in [6, 6.07) is 9.11. The van der Waals surface area contributed by atoms with E-state index >= 15 is 0 Å². The Bertz CT molecular complexity index is 408. The summed E-state index contributed by atoms with van der Waals surface area (Å²) in [4.78, 5) is 2.36. The van der Waals surface area contributed by atoms with Crippen LogP contribution in [0.2, 0.25) is 0 Å². The van der Waals surface area contributed by atoms with Crippen LogP contribution in [0, 0.1) is 0 Å². The predicted octanol–water partition coefficient (Wildman–Crippen LogP) is 3.10. The first kappa shape index (κ1) is 15.3. The molecule has 3 heteroatoms. The van der Waals surface area contributed by atoms with Gasteiger partial charge in [0.25, 0.3) is 0 Å².